The van der Waals surface area contributed by atoms with Gasteiger partial charge in [-0.3, -0.25) is 4.79 Å². The highest BCUT2D eigenvalue weighted by molar-refractivity contribution is 5.92. The molecule has 3 rings (SSSR count). The molecule has 0 radical (unpaired) electrons. The Morgan fingerprint density at radius 3 is 2.53 bits per heavy atom. The predicted octanol–water partition coefficient (Wildman–Crippen LogP) is 1.96. The van der Waals surface area contributed by atoms with E-state index in [1.54, 1.807) is 0 Å². The van der Waals surface area contributed by atoms with Gasteiger partial charge in [0.25, 0.3) is 0 Å². The molecule has 19 heavy (non-hydrogen) atoms. The zero-order valence-electron chi connectivity index (χ0n) is 11.4. The van der Waals surface area contributed by atoms with Crippen LogP contribution < -0.4 is 11.1 Å². The molecule has 1 aliphatic heterocycles. The molecule has 1 aliphatic carbocycles. The highest BCUT2D eigenvalue weighted by Gasteiger charge is 2.53. The maximum Gasteiger partial charge on any atom is 0.233 e. The molecule has 1 amide bonds. The van der Waals surface area contributed by atoms with Crippen molar-refractivity contribution in [1.82, 2.24) is 4.90 Å². The Bertz CT molecular complexity index is 502. The average Bonchev–Trinajstić information content (AvgIpc) is 3.05. The lowest BCUT2D eigenvalue weighted by atomic mass is 9.93. The van der Waals surface area contributed by atoms with Crippen LogP contribution in [0.3, 0.4) is 0 Å². The summed E-state index contributed by atoms with van der Waals surface area (Å²) >= 11 is 0. The number of hydrogen-bond acceptors (Lipinski definition) is 3. The van der Waals surface area contributed by atoms with Crippen molar-refractivity contribution in [3.8, 4) is 0 Å². The van der Waals surface area contributed by atoms with Gasteiger partial charge < -0.3 is 16.0 Å². The van der Waals surface area contributed by atoms with E-state index < -0.39 is 0 Å². The molecule has 0 atom stereocenters. The van der Waals surface area contributed by atoms with E-state index in [2.05, 4.69) is 5.32 Å². The lowest BCUT2D eigenvalue weighted by Gasteiger charge is -2.23. The SMILES string of the molecule is CNc1ccc(C2(C(=O)N3CCCC3)CC2)cc1N. The van der Waals surface area contributed by atoms with E-state index >= 15 is 0 Å². The van der Waals surface area contributed by atoms with E-state index in [1.165, 1.54) is 0 Å². The van der Waals surface area contributed by atoms with E-state index in [4.69, 9.17) is 5.73 Å². The molecule has 0 unspecified atom stereocenters. The first-order valence-corrected chi connectivity index (χ1v) is 7.04. The largest absolute Gasteiger partial charge is 0.397 e. The zero-order chi connectivity index (χ0) is 13.5. The molecule has 4 nitrogen and oxygen atoms in total. The van der Waals surface area contributed by atoms with Gasteiger partial charge in [0.1, 0.15) is 0 Å². The van der Waals surface area contributed by atoms with E-state index in [0.717, 1.165) is 55.7 Å². The summed E-state index contributed by atoms with van der Waals surface area (Å²) in [6.45, 7) is 1.84. The van der Waals surface area contributed by atoms with Crippen LogP contribution in [0.15, 0.2) is 18.2 Å². The van der Waals surface area contributed by atoms with Crippen molar-refractivity contribution in [2.45, 2.75) is 31.1 Å². The third-order valence-electron chi connectivity index (χ3n) is 4.43. The van der Waals surface area contributed by atoms with Crippen LogP contribution in [0.25, 0.3) is 0 Å². The number of likely N-dealkylation sites (tertiary alicyclic amines) is 1. The van der Waals surface area contributed by atoms with E-state index in [1.807, 2.05) is 30.1 Å². The van der Waals surface area contributed by atoms with Crippen LogP contribution in [0.2, 0.25) is 0 Å². The van der Waals surface area contributed by atoms with Gasteiger partial charge in [0.2, 0.25) is 5.91 Å². The average molecular weight is 259 g/mol. The summed E-state index contributed by atoms with van der Waals surface area (Å²) in [6.07, 6.45) is 4.20. The quantitative estimate of drug-likeness (QED) is 0.816. The number of benzene rings is 1. The summed E-state index contributed by atoms with van der Waals surface area (Å²) in [4.78, 5) is 14.7. The van der Waals surface area contributed by atoms with E-state index in [9.17, 15) is 4.79 Å². The van der Waals surface area contributed by atoms with Crippen LogP contribution >= 0.6 is 0 Å². The number of nitrogens with two attached hydrogens (primary N) is 1. The smallest absolute Gasteiger partial charge is 0.233 e. The van der Waals surface area contributed by atoms with E-state index in [0.29, 0.717) is 5.91 Å². The van der Waals surface area contributed by atoms with Gasteiger partial charge in [-0.1, -0.05) is 6.07 Å². The maximum absolute atomic E-state index is 12.7. The molecule has 1 saturated heterocycles. The molecule has 0 spiro atoms. The minimum Gasteiger partial charge on any atom is -0.397 e. The second-order valence-corrected chi connectivity index (χ2v) is 5.63. The first-order chi connectivity index (χ1) is 9.17. The lowest BCUT2D eigenvalue weighted by Crippen LogP contribution is -2.37. The fraction of sp³-hybridized carbons (Fsp3) is 0.533. The minimum absolute atomic E-state index is 0.273. The lowest BCUT2D eigenvalue weighted by molar-refractivity contribution is -0.132. The molecule has 1 aromatic carbocycles. The number of nitrogens with one attached hydrogen (secondary N) is 1. The second kappa shape index (κ2) is 4.44. The Morgan fingerprint density at radius 2 is 2.00 bits per heavy atom. The topological polar surface area (TPSA) is 58.4 Å². The van der Waals surface area contributed by atoms with Gasteiger partial charge in [0.05, 0.1) is 16.8 Å². The fourth-order valence-electron chi connectivity index (χ4n) is 3.06. The first kappa shape index (κ1) is 12.3. The molecular formula is C15H21N3O. The maximum atomic E-state index is 12.7. The van der Waals surface area contributed by atoms with E-state index in [-0.39, 0.29) is 5.41 Å². The standard InChI is InChI=1S/C15H21N3O/c1-17-13-5-4-11(10-12(13)16)15(6-7-15)14(19)18-8-2-3-9-18/h4-5,10,17H,2-3,6-9,16H2,1H3. The van der Waals surface area contributed by atoms with Gasteiger partial charge in [-0.2, -0.15) is 0 Å². The van der Waals surface area contributed by atoms with Gasteiger partial charge in [-0.15, -0.1) is 0 Å². The second-order valence-electron chi connectivity index (χ2n) is 5.63. The van der Waals surface area contributed by atoms with Crippen LogP contribution in [0.1, 0.15) is 31.2 Å². The molecule has 1 heterocycles. The monoisotopic (exact) mass is 259 g/mol. The molecule has 1 saturated carbocycles. The van der Waals surface area contributed by atoms with Gasteiger partial charge in [0.15, 0.2) is 0 Å². The zero-order valence-corrected chi connectivity index (χ0v) is 11.4. The van der Waals surface area contributed by atoms with Crippen LogP contribution in [-0.4, -0.2) is 30.9 Å². The van der Waals surface area contributed by atoms with Gasteiger partial charge >= 0.3 is 0 Å². The van der Waals surface area contributed by atoms with Gasteiger partial charge in [-0.25, -0.2) is 0 Å². The number of amides is 1. The number of nitrogen functional groups attached to an aromatic ring is 1. The summed E-state index contributed by atoms with van der Waals surface area (Å²) in [5, 5.41) is 3.06. The van der Waals surface area contributed by atoms with Crippen molar-refractivity contribution < 1.29 is 4.79 Å². The molecule has 2 fully saturated rings. The summed E-state index contributed by atoms with van der Waals surface area (Å²) in [5.74, 6) is 0.307. The predicted molar refractivity (Wildman–Crippen MR) is 77.1 cm³/mol. The summed E-state index contributed by atoms with van der Waals surface area (Å²) < 4.78 is 0. The normalized spacial score (nSPS) is 20.4. The van der Waals surface area contributed by atoms with Crippen molar-refractivity contribution in [3.63, 3.8) is 0 Å². The first-order valence-electron chi connectivity index (χ1n) is 7.04. The molecule has 1 aromatic rings. The molecule has 4 heteroatoms. The molecule has 3 N–H and O–H groups in total. The van der Waals surface area contributed by atoms with Crippen LogP contribution in [0.4, 0.5) is 11.4 Å². The number of hydrogen-bond donors (Lipinski definition) is 2. The van der Waals surface area contributed by atoms with Crippen LogP contribution in [-0.2, 0) is 10.2 Å². The van der Waals surface area contributed by atoms with Crippen LogP contribution in [0, 0.1) is 0 Å². The van der Waals surface area contributed by atoms with Crippen molar-refractivity contribution in [2.75, 3.05) is 31.2 Å². The Kier molecular flexibility index (Phi) is 2.88. The summed E-state index contributed by atoms with van der Waals surface area (Å²) in [5.41, 5.74) is 8.48. The number of carbonyl (C=O) groups excluding carboxylic acids is 1. The number of rotatable bonds is 3. The molecule has 0 aromatic heterocycles. The summed E-state index contributed by atoms with van der Waals surface area (Å²) in [7, 11) is 1.85. The molecular weight excluding hydrogens is 238 g/mol. The summed E-state index contributed by atoms with van der Waals surface area (Å²) in [6, 6.07) is 5.98. The highest BCUT2D eigenvalue weighted by Crippen LogP contribution is 2.50. The van der Waals surface area contributed by atoms with Crippen molar-refractivity contribution in [3.05, 3.63) is 23.8 Å². The number of carbonyl (C=O) groups is 1. The number of nitrogens with zero attached hydrogens (tertiary/aromatic N) is 1. The molecule has 2 aliphatic rings. The fourth-order valence-corrected chi connectivity index (χ4v) is 3.06. The van der Waals surface area contributed by atoms with Crippen molar-refractivity contribution in [1.29, 1.82) is 0 Å². The van der Waals surface area contributed by atoms with Crippen LogP contribution in [0.5, 0.6) is 0 Å². The third-order valence-corrected chi connectivity index (χ3v) is 4.43. The van der Waals surface area contributed by atoms with Crippen molar-refractivity contribution >= 4 is 17.3 Å². The third kappa shape index (κ3) is 1.95. The van der Waals surface area contributed by atoms with Gasteiger partial charge in [0, 0.05) is 20.1 Å². The molecule has 0 bridgehead atoms. The number of anilines is 2. The minimum atomic E-state index is -0.273. The highest BCUT2D eigenvalue weighted by atomic mass is 16.2. The molecule has 102 valence electrons. The Morgan fingerprint density at radius 1 is 1.32 bits per heavy atom. The Hall–Kier alpha value is -1.71. The van der Waals surface area contributed by atoms with Crippen molar-refractivity contribution in [2.24, 2.45) is 0 Å². The Balaban J connectivity index is 1.88. The Labute approximate surface area is 114 Å². The van der Waals surface area contributed by atoms with Gasteiger partial charge in [-0.05, 0) is 43.4 Å².